The molecule has 7 heteroatoms. The van der Waals surface area contributed by atoms with Crippen LogP contribution in [0.25, 0.3) is 0 Å². The molecular formula is C13H25N3O4. The normalized spacial score (nSPS) is 12.4. The predicted molar refractivity (Wildman–Crippen MR) is 75.3 cm³/mol. The molecule has 0 fully saturated rings. The molecule has 0 aliphatic rings. The van der Waals surface area contributed by atoms with E-state index in [0.717, 1.165) is 0 Å². The number of rotatable bonds is 6. The van der Waals surface area contributed by atoms with Crippen molar-refractivity contribution in [2.75, 3.05) is 20.1 Å². The number of urea groups is 1. The second-order valence-corrected chi connectivity index (χ2v) is 5.78. The zero-order chi connectivity index (χ0) is 15.9. The molecule has 116 valence electrons. The molecular weight excluding hydrogens is 262 g/mol. The second-order valence-electron chi connectivity index (χ2n) is 5.78. The van der Waals surface area contributed by atoms with Gasteiger partial charge in [-0.25, -0.2) is 4.79 Å². The van der Waals surface area contributed by atoms with E-state index in [-0.39, 0.29) is 24.3 Å². The minimum absolute atomic E-state index is 0.0659. The number of likely N-dealkylation sites (N-methyl/N-ethyl adjacent to an activating group) is 2. The molecule has 1 unspecified atom stereocenters. The molecule has 3 N–H and O–H groups in total. The SMILES string of the molecule is CCNC(=O)CN(C)C(=O)NC(CC(=O)O)C(C)(C)C. The quantitative estimate of drug-likeness (QED) is 0.668. The largest absolute Gasteiger partial charge is 0.481 e. The number of carbonyl (C=O) groups excluding carboxylic acids is 2. The molecule has 20 heavy (non-hydrogen) atoms. The van der Waals surface area contributed by atoms with E-state index in [0.29, 0.717) is 6.54 Å². The zero-order valence-electron chi connectivity index (χ0n) is 12.8. The summed E-state index contributed by atoms with van der Waals surface area (Å²) in [7, 11) is 1.49. The van der Waals surface area contributed by atoms with E-state index in [4.69, 9.17) is 5.11 Å². The minimum atomic E-state index is -0.975. The lowest BCUT2D eigenvalue weighted by molar-refractivity contribution is -0.138. The third kappa shape index (κ3) is 6.96. The fourth-order valence-electron chi connectivity index (χ4n) is 1.55. The number of aliphatic carboxylic acids is 1. The van der Waals surface area contributed by atoms with Crippen molar-refractivity contribution in [3.8, 4) is 0 Å². The van der Waals surface area contributed by atoms with Crippen LogP contribution >= 0.6 is 0 Å². The zero-order valence-corrected chi connectivity index (χ0v) is 12.8. The van der Waals surface area contributed by atoms with E-state index >= 15 is 0 Å². The Morgan fingerprint density at radius 3 is 2.20 bits per heavy atom. The van der Waals surface area contributed by atoms with Crippen LogP contribution in [0, 0.1) is 5.41 Å². The standard InChI is InChI=1S/C13H25N3O4/c1-6-14-10(17)8-16(5)12(20)15-9(7-11(18)19)13(2,3)4/h9H,6-8H2,1-5H3,(H,14,17)(H,15,20)(H,18,19). The van der Waals surface area contributed by atoms with Crippen LogP contribution in [-0.2, 0) is 9.59 Å². The smallest absolute Gasteiger partial charge is 0.317 e. The van der Waals surface area contributed by atoms with Gasteiger partial charge in [0.1, 0.15) is 6.54 Å². The summed E-state index contributed by atoms with van der Waals surface area (Å²) in [5, 5.41) is 14.1. The molecule has 0 radical (unpaired) electrons. The van der Waals surface area contributed by atoms with Crippen molar-refractivity contribution in [1.29, 1.82) is 0 Å². The molecule has 0 aromatic carbocycles. The number of nitrogens with one attached hydrogen (secondary N) is 2. The van der Waals surface area contributed by atoms with Crippen LogP contribution in [0.15, 0.2) is 0 Å². The molecule has 0 aliphatic heterocycles. The topological polar surface area (TPSA) is 98.7 Å². The highest BCUT2D eigenvalue weighted by molar-refractivity contribution is 5.84. The van der Waals surface area contributed by atoms with Crippen LogP contribution in [0.5, 0.6) is 0 Å². The lowest BCUT2D eigenvalue weighted by Gasteiger charge is -2.32. The Labute approximate surface area is 119 Å². The van der Waals surface area contributed by atoms with Crippen molar-refractivity contribution in [3.05, 3.63) is 0 Å². The molecule has 3 amide bonds. The third-order valence-corrected chi connectivity index (χ3v) is 2.82. The number of carboxylic acids is 1. The highest BCUT2D eigenvalue weighted by Gasteiger charge is 2.29. The molecule has 0 rings (SSSR count). The summed E-state index contributed by atoms with van der Waals surface area (Å²) in [4.78, 5) is 35.4. The van der Waals surface area contributed by atoms with Gasteiger partial charge in [-0.3, -0.25) is 9.59 Å². The van der Waals surface area contributed by atoms with Gasteiger partial charge in [0.05, 0.1) is 6.42 Å². The van der Waals surface area contributed by atoms with Crippen molar-refractivity contribution in [3.63, 3.8) is 0 Å². The Bertz CT molecular complexity index is 363. The van der Waals surface area contributed by atoms with Gasteiger partial charge in [-0.15, -0.1) is 0 Å². The molecule has 1 atom stereocenters. The highest BCUT2D eigenvalue weighted by atomic mass is 16.4. The van der Waals surface area contributed by atoms with Crippen LogP contribution in [0.4, 0.5) is 4.79 Å². The monoisotopic (exact) mass is 287 g/mol. The summed E-state index contributed by atoms with van der Waals surface area (Å²) in [6, 6.07) is -0.971. The number of hydrogen-bond donors (Lipinski definition) is 3. The molecule has 0 saturated carbocycles. The van der Waals surface area contributed by atoms with Gasteiger partial charge in [-0.1, -0.05) is 20.8 Å². The van der Waals surface area contributed by atoms with Crippen LogP contribution < -0.4 is 10.6 Å². The number of carboxylic acid groups (broad SMARTS) is 1. The summed E-state index contributed by atoms with van der Waals surface area (Å²) >= 11 is 0. The van der Waals surface area contributed by atoms with Crippen molar-refractivity contribution < 1.29 is 19.5 Å². The molecule has 0 aliphatic carbocycles. The summed E-state index contributed by atoms with van der Waals surface area (Å²) in [6.45, 7) is 7.78. The second kappa shape index (κ2) is 7.72. The first-order valence-electron chi connectivity index (χ1n) is 6.58. The maximum atomic E-state index is 12.0. The Balaban J connectivity index is 4.59. The van der Waals surface area contributed by atoms with Crippen LogP contribution in [0.3, 0.4) is 0 Å². The minimum Gasteiger partial charge on any atom is -0.481 e. The van der Waals surface area contributed by atoms with Crippen LogP contribution in [0.1, 0.15) is 34.1 Å². The first kappa shape index (κ1) is 18.2. The van der Waals surface area contributed by atoms with Crippen molar-refractivity contribution in [2.45, 2.75) is 40.2 Å². The summed E-state index contributed by atoms with van der Waals surface area (Å²) in [5.41, 5.74) is -0.388. The van der Waals surface area contributed by atoms with Crippen LogP contribution in [0.2, 0.25) is 0 Å². The third-order valence-electron chi connectivity index (χ3n) is 2.82. The van der Waals surface area contributed by atoms with E-state index in [1.165, 1.54) is 11.9 Å². The molecule has 0 heterocycles. The predicted octanol–water partition coefficient (Wildman–Crippen LogP) is 0.653. The highest BCUT2D eigenvalue weighted by Crippen LogP contribution is 2.22. The fourth-order valence-corrected chi connectivity index (χ4v) is 1.55. The average molecular weight is 287 g/mol. The van der Waals surface area contributed by atoms with Gasteiger partial charge >= 0.3 is 12.0 Å². The molecule has 0 saturated heterocycles. The van der Waals surface area contributed by atoms with Gasteiger partial charge < -0.3 is 20.6 Å². The summed E-state index contributed by atoms with van der Waals surface area (Å²) in [6.07, 6.45) is -0.162. The molecule has 0 bridgehead atoms. The van der Waals surface area contributed by atoms with Gasteiger partial charge in [-0.2, -0.15) is 0 Å². The summed E-state index contributed by atoms with van der Waals surface area (Å²) in [5.74, 6) is -1.23. The van der Waals surface area contributed by atoms with E-state index in [1.54, 1.807) is 6.92 Å². The maximum absolute atomic E-state index is 12.0. The molecule has 0 aromatic heterocycles. The van der Waals surface area contributed by atoms with Gasteiger partial charge in [0, 0.05) is 19.6 Å². The van der Waals surface area contributed by atoms with Crippen molar-refractivity contribution >= 4 is 17.9 Å². The van der Waals surface area contributed by atoms with Gasteiger partial charge in [0.15, 0.2) is 0 Å². The van der Waals surface area contributed by atoms with E-state index < -0.39 is 18.0 Å². The lowest BCUT2D eigenvalue weighted by Crippen LogP contribution is -2.51. The Morgan fingerprint density at radius 1 is 1.25 bits per heavy atom. The first-order valence-corrected chi connectivity index (χ1v) is 6.58. The van der Waals surface area contributed by atoms with Gasteiger partial charge in [0.2, 0.25) is 5.91 Å². The Morgan fingerprint density at radius 2 is 1.80 bits per heavy atom. The number of amides is 3. The lowest BCUT2D eigenvalue weighted by atomic mass is 9.85. The fraction of sp³-hybridized carbons (Fsp3) is 0.769. The number of hydrogen-bond acceptors (Lipinski definition) is 3. The van der Waals surface area contributed by atoms with E-state index in [2.05, 4.69) is 10.6 Å². The van der Waals surface area contributed by atoms with Gasteiger partial charge in [0.25, 0.3) is 0 Å². The van der Waals surface area contributed by atoms with E-state index in [1.807, 2.05) is 20.8 Å². The average Bonchev–Trinajstić information content (AvgIpc) is 2.26. The van der Waals surface area contributed by atoms with Crippen molar-refractivity contribution in [1.82, 2.24) is 15.5 Å². The first-order chi connectivity index (χ1) is 9.07. The molecule has 0 spiro atoms. The van der Waals surface area contributed by atoms with Crippen LogP contribution in [-0.4, -0.2) is 54.1 Å². The van der Waals surface area contributed by atoms with E-state index in [9.17, 15) is 14.4 Å². The number of nitrogens with zero attached hydrogens (tertiary/aromatic N) is 1. The molecule has 0 aromatic rings. The van der Waals surface area contributed by atoms with Crippen molar-refractivity contribution in [2.24, 2.45) is 5.41 Å². The molecule has 7 nitrogen and oxygen atoms in total. The van der Waals surface area contributed by atoms with Gasteiger partial charge in [-0.05, 0) is 12.3 Å². The summed E-state index contributed by atoms with van der Waals surface area (Å²) < 4.78 is 0. The Hall–Kier alpha value is -1.79. The number of carbonyl (C=O) groups is 3. The maximum Gasteiger partial charge on any atom is 0.317 e. The Kier molecular flexibility index (Phi) is 7.02.